The number of hydrogen-bond donors (Lipinski definition) is 4. The zero-order chi connectivity index (χ0) is 15.1. The molecule has 1 aromatic rings. The summed E-state index contributed by atoms with van der Waals surface area (Å²) in [6.07, 6.45) is 1.00. The number of carbonyl (C=O) groups is 2. The highest BCUT2D eigenvalue weighted by molar-refractivity contribution is 5.98. The molecule has 0 aliphatic rings. The molecular formula is C10H14N6O4. The summed E-state index contributed by atoms with van der Waals surface area (Å²) in [5.41, 5.74) is 4.34. The van der Waals surface area contributed by atoms with Gasteiger partial charge in [0, 0.05) is 26.2 Å². The van der Waals surface area contributed by atoms with E-state index in [1.807, 2.05) is 0 Å². The van der Waals surface area contributed by atoms with Gasteiger partial charge in [0.05, 0.1) is 4.92 Å². The van der Waals surface area contributed by atoms with E-state index in [0.29, 0.717) is 5.82 Å². The number of amides is 3. The van der Waals surface area contributed by atoms with E-state index in [-0.39, 0.29) is 18.7 Å². The molecule has 0 aromatic carbocycles. The van der Waals surface area contributed by atoms with Crippen LogP contribution in [0.2, 0.25) is 0 Å². The summed E-state index contributed by atoms with van der Waals surface area (Å²) in [6.45, 7) is 0.217. The fourth-order valence-electron chi connectivity index (χ4n) is 1.37. The molecule has 10 nitrogen and oxygen atoms in total. The number of urea groups is 1. The van der Waals surface area contributed by atoms with Gasteiger partial charge < -0.3 is 21.7 Å². The van der Waals surface area contributed by atoms with E-state index in [4.69, 9.17) is 5.73 Å². The Morgan fingerprint density at radius 2 is 2.05 bits per heavy atom. The number of nitrogens with one attached hydrogen (secondary N) is 3. The molecule has 108 valence electrons. The van der Waals surface area contributed by atoms with Gasteiger partial charge in [-0.25, -0.2) is 9.78 Å². The molecule has 0 aliphatic heterocycles. The quantitative estimate of drug-likeness (QED) is 0.311. The van der Waals surface area contributed by atoms with Gasteiger partial charge in [0.2, 0.25) is 0 Å². The number of nitro groups is 1. The molecule has 1 rings (SSSR count). The van der Waals surface area contributed by atoms with Crippen LogP contribution in [0.1, 0.15) is 10.4 Å². The largest absolute Gasteiger partial charge is 0.373 e. The second kappa shape index (κ2) is 6.87. The van der Waals surface area contributed by atoms with Crippen LogP contribution in [-0.4, -0.2) is 42.0 Å². The van der Waals surface area contributed by atoms with Crippen LogP contribution in [0.5, 0.6) is 0 Å². The number of hydrogen-bond acceptors (Lipinski definition) is 6. The predicted octanol–water partition coefficient (Wildman–Crippen LogP) is -0.570. The minimum atomic E-state index is -0.716. The van der Waals surface area contributed by atoms with Gasteiger partial charge in [-0.2, -0.15) is 0 Å². The minimum absolute atomic E-state index is 0.0934. The molecule has 0 atom stereocenters. The van der Waals surface area contributed by atoms with E-state index < -0.39 is 22.5 Å². The number of rotatable bonds is 6. The third-order valence-electron chi connectivity index (χ3n) is 2.29. The van der Waals surface area contributed by atoms with Crippen LogP contribution in [0.3, 0.4) is 0 Å². The van der Waals surface area contributed by atoms with Gasteiger partial charge in [0.25, 0.3) is 11.6 Å². The number of carbonyl (C=O) groups excluding carboxylic acids is 2. The third-order valence-corrected chi connectivity index (χ3v) is 2.29. The molecule has 10 heteroatoms. The molecule has 0 aliphatic carbocycles. The average Bonchev–Trinajstić information content (AvgIpc) is 2.42. The Labute approximate surface area is 113 Å². The summed E-state index contributed by atoms with van der Waals surface area (Å²) in [5.74, 6) is -0.308. The lowest BCUT2D eigenvalue weighted by atomic mass is 10.2. The van der Waals surface area contributed by atoms with Crippen LogP contribution in [0.25, 0.3) is 0 Å². The van der Waals surface area contributed by atoms with Crippen molar-refractivity contribution in [1.82, 2.24) is 15.6 Å². The number of nitrogens with two attached hydrogens (primary N) is 1. The lowest BCUT2D eigenvalue weighted by Crippen LogP contribution is -2.37. The van der Waals surface area contributed by atoms with Crippen molar-refractivity contribution in [1.29, 1.82) is 0 Å². The van der Waals surface area contributed by atoms with Crippen molar-refractivity contribution in [3.63, 3.8) is 0 Å². The highest BCUT2D eigenvalue weighted by atomic mass is 16.6. The fourth-order valence-corrected chi connectivity index (χ4v) is 1.37. The number of pyridine rings is 1. The standard InChI is InChI=1S/C10H14N6O4/c1-12-8-4-6(7(5-15-8)16(19)20)9(17)13-2-3-14-10(11)18/h4-5H,2-3H2,1H3,(H,12,15)(H,13,17)(H3,11,14,18). The zero-order valence-electron chi connectivity index (χ0n) is 10.7. The van der Waals surface area contributed by atoms with Crippen molar-refractivity contribution in [2.45, 2.75) is 0 Å². The Balaban J connectivity index is 2.79. The Morgan fingerprint density at radius 3 is 2.60 bits per heavy atom. The summed E-state index contributed by atoms with van der Waals surface area (Å²) < 4.78 is 0. The Morgan fingerprint density at radius 1 is 1.40 bits per heavy atom. The van der Waals surface area contributed by atoms with E-state index in [1.54, 1.807) is 7.05 Å². The van der Waals surface area contributed by atoms with Crippen molar-refractivity contribution in [3.05, 3.63) is 27.9 Å². The van der Waals surface area contributed by atoms with Crippen molar-refractivity contribution in [3.8, 4) is 0 Å². The lowest BCUT2D eigenvalue weighted by molar-refractivity contribution is -0.385. The summed E-state index contributed by atoms with van der Waals surface area (Å²) in [7, 11) is 1.58. The first-order valence-electron chi connectivity index (χ1n) is 5.59. The van der Waals surface area contributed by atoms with Gasteiger partial charge in [0.1, 0.15) is 17.6 Å². The second-order valence-corrected chi connectivity index (χ2v) is 3.64. The molecule has 1 aromatic heterocycles. The smallest absolute Gasteiger partial charge is 0.312 e. The topological polar surface area (TPSA) is 152 Å². The molecule has 3 amide bonds. The molecule has 20 heavy (non-hydrogen) atoms. The molecule has 0 spiro atoms. The molecular weight excluding hydrogens is 268 g/mol. The molecule has 0 bridgehead atoms. The second-order valence-electron chi connectivity index (χ2n) is 3.64. The summed E-state index contributed by atoms with van der Waals surface area (Å²) >= 11 is 0. The average molecular weight is 282 g/mol. The van der Waals surface area contributed by atoms with Crippen LogP contribution in [-0.2, 0) is 0 Å². The van der Waals surface area contributed by atoms with Gasteiger partial charge in [-0.05, 0) is 0 Å². The predicted molar refractivity (Wildman–Crippen MR) is 70.4 cm³/mol. The van der Waals surface area contributed by atoms with E-state index in [1.165, 1.54) is 6.07 Å². The maximum absolute atomic E-state index is 11.9. The SMILES string of the molecule is CNc1cc(C(=O)NCCNC(N)=O)c([N+](=O)[O-])cn1. The number of nitrogens with zero attached hydrogens (tertiary/aromatic N) is 2. The molecule has 0 radical (unpaired) electrons. The first-order chi connectivity index (χ1) is 9.45. The monoisotopic (exact) mass is 282 g/mol. The van der Waals surface area contributed by atoms with E-state index in [9.17, 15) is 19.7 Å². The molecule has 5 N–H and O–H groups in total. The maximum atomic E-state index is 11.9. The maximum Gasteiger partial charge on any atom is 0.312 e. The van der Waals surface area contributed by atoms with E-state index in [2.05, 4.69) is 20.9 Å². The number of aromatic nitrogens is 1. The van der Waals surface area contributed by atoms with Crippen LogP contribution in [0.4, 0.5) is 16.3 Å². The van der Waals surface area contributed by atoms with Gasteiger partial charge in [-0.15, -0.1) is 0 Å². The molecule has 0 saturated carbocycles. The van der Waals surface area contributed by atoms with Crippen LogP contribution < -0.4 is 21.7 Å². The zero-order valence-corrected chi connectivity index (χ0v) is 10.7. The summed E-state index contributed by atoms with van der Waals surface area (Å²) in [6, 6.07) is 0.557. The highest BCUT2D eigenvalue weighted by Gasteiger charge is 2.21. The van der Waals surface area contributed by atoms with Crippen molar-refractivity contribution >= 4 is 23.4 Å². The summed E-state index contributed by atoms with van der Waals surface area (Å²) in [4.78, 5) is 36.2. The number of anilines is 1. The van der Waals surface area contributed by atoms with Crippen molar-refractivity contribution in [2.75, 3.05) is 25.5 Å². The van der Waals surface area contributed by atoms with Crippen LogP contribution in [0, 0.1) is 10.1 Å². The number of primary amides is 1. The van der Waals surface area contributed by atoms with Gasteiger partial charge >= 0.3 is 6.03 Å². The van der Waals surface area contributed by atoms with Crippen molar-refractivity contribution < 1.29 is 14.5 Å². The molecule has 0 saturated heterocycles. The van der Waals surface area contributed by atoms with E-state index >= 15 is 0 Å². The fraction of sp³-hybridized carbons (Fsp3) is 0.300. The first kappa shape index (κ1) is 15.1. The Hall–Kier alpha value is -2.91. The first-order valence-corrected chi connectivity index (χ1v) is 5.59. The molecule has 0 unspecified atom stereocenters. The van der Waals surface area contributed by atoms with Crippen molar-refractivity contribution in [2.24, 2.45) is 5.73 Å². The normalized spacial score (nSPS) is 9.65. The Kier molecular flexibility index (Phi) is 5.21. The highest BCUT2D eigenvalue weighted by Crippen LogP contribution is 2.19. The Bertz CT molecular complexity index is 532. The third kappa shape index (κ3) is 4.08. The molecule has 0 fully saturated rings. The van der Waals surface area contributed by atoms with Crippen LogP contribution >= 0.6 is 0 Å². The lowest BCUT2D eigenvalue weighted by Gasteiger charge is -2.07. The van der Waals surface area contributed by atoms with Gasteiger partial charge in [0.15, 0.2) is 0 Å². The van der Waals surface area contributed by atoms with Gasteiger partial charge in [-0.3, -0.25) is 14.9 Å². The molecule has 1 heterocycles. The minimum Gasteiger partial charge on any atom is -0.373 e. The van der Waals surface area contributed by atoms with Crippen LogP contribution in [0.15, 0.2) is 12.3 Å². The van der Waals surface area contributed by atoms with Gasteiger partial charge in [-0.1, -0.05) is 0 Å². The summed E-state index contributed by atoms with van der Waals surface area (Å²) in [5, 5.41) is 18.2. The van der Waals surface area contributed by atoms with E-state index in [0.717, 1.165) is 6.20 Å².